The fraction of sp³-hybridized carbons (Fsp3) is 0.607. The molecule has 2 fully saturated rings. The van der Waals surface area contributed by atoms with Gasteiger partial charge in [-0.25, -0.2) is 0 Å². The number of aromatic nitrogens is 1. The lowest BCUT2D eigenvalue weighted by Crippen LogP contribution is -2.46. The topological polar surface area (TPSA) is 110 Å². The van der Waals surface area contributed by atoms with E-state index in [9.17, 15) is 19.6 Å². The van der Waals surface area contributed by atoms with E-state index in [0.29, 0.717) is 21.3 Å². The Labute approximate surface area is 240 Å². The predicted octanol–water partition coefficient (Wildman–Crippen LogP) is 4.11. The van der Waals surface area contributed by atoms with Crippen molar-refractivity contribution in [1.29, 1.82) is 5.26 Å². The van der Waals surface area contributed by atoms with Crippen LogP contribution < -0.4 is 10.5 Å². The van der Waals surface area contributed by atoms with Crippen molar-refractivity contribution in [2.75, 3.05) is 44.7 Å². The number of thiocarbonyl (C=S) groups is 1. The Morgan fingerprint density at radius 2 is 1.62 bits per heavy atom. The van der Waals surface area contributed by atoms with Crippen LogP contribution in [0.2, 0.25) is 0 Å². The molecule has 1 aromatic rings. The molecule has 11 heteroatoms. The molecule has 0 saturated carbocycles. The van der Waals surface area contributed by atoms with E-state index in [4.69, 9.17) is 17.3 Å². The minimum atomic E-state index is -0.729. The van der Waals surface area contributed by atoms with Crippen molar-refractivity contribution in [3.8, 4) is 6.07 Å². The third-order valence-electron chi connectivity index (χ3n) is 7.44. The molecule has 1 aromatic heterocycles. The summed E-state index contributed by atoms with van der Waals surface area (Å²) < 4.78 is 2.07. The van der Waals surface area contributed by atoms with Gasteiger partial charge in [0.1, 0.15) is 21.8 Å². The monoisotopic (exact) mass is 573 g/mol. The Morgan fingerprint density at radius 1 is 1.03 bits per heavy atom. The zero-order valence-electron chi connectivity index (χ0n) is 23.2. The number of likely N-dealkylation sites (N-methyl/N-ethyl adjacent to an activating group) is 1. The van der Waals surface area contributed by atoms with Crippen molar-refractivity contribution in [2.24, 2.45) is 7.05 Å². The lowest BCUT2D eigenvalue weighted by Gasteiger charge is -2.36. The van der Waals surface area contributed by atoms with E-state index in [1.54, 1.807) is 18.9 Å². The molecule has 0 unspecified atom stereocenters. The second-order valence-corrected chi connectivity index (χ2v) is 12.0. The van der Waals surface area contributed by atoms with Crippen molar-refractivity contribution in [1.82, 2.24) is 14.4 Å². The second-order valence-electron chi connectivity index (χ2n) is 10.3. The molecule has 9 nitrogen and oxygen atoms in total. The fourth-order valence-electron chi connectivity index (χ4n) is 5.04. The van der Waals surface area contributed by atoms with Crippen LogP contribution in [0.25, 0.3) is 6.08 Å². The maximum absolute atomic E-state index is 13.3. The molecule has 2 aliphatic rings. The highest BCUT2D eigenvalue weighted by atomic mass is 32.2. The standard InChI is InChI=1S/C28H39N5O4S2/c1-20-21(25(31(3)26(36)22(20)19-29)32-16-14-30(2)15-17-32)18-23-27(37)33(28(38)39-23)13-11-9-7-5-4-6-8-10-12-24(34)35/h18H,4-17H2,1-3H3,(H,34,35). The van der Waals surface area contributed by atoms with Gasteiger partial charge in [-0.2, -0.15) is 5.26 Å². The van der Waals surface area contributed by atoms with E-state index in [1.807, 2.05) is 6.08 Å². The van der Waals surface area contributed by atoms with Crippen LogP contribution in [-0.2, 0) is 16.6 Å². The predicted molar refractivity (Wildman–Crippen MR) is 160 cm³/mol. The first kappa shape index (κ1) is 30.9. The smallest absolute Gasteiger partial charge is 0.303 e. The van der Waals surface area contributed by atoms with Crippen LogP contribution in [0.5, 0.6) is 0 Å². The molecule has 2 saturated heterocycles. The van der Waals surface area contributed by atoms with Crippen LogP contribution in [0.1, 0.15) is 74.5 Å². The summed E-state index contributed by atoms with van der Waals surface area (Å²) in [4.78, 5) is 43.4. The van der Waals surface area contributed by atoms with E-state index < -0.39 is 5.97 Å². The first-order valence-electron chi connectivity index (χ1n) is 13.7. The van der Waals surface area contributed by atoms with Gasteiger partial charge in [-0.3, -0.25) is 23.9 Å². The summed E-state index contributed by atoms with van der Waals surface area (Å²) in [6.45, 7) is 5.57. The minimum absolute atomic E-state index is 0.0963. The van der Waals surface area contributed by atoms with Gasteiger partial charge < -0.3 is 14.9 Å². The molecule has 0 bridgehead atoms. The molecule has 1 amide bonds. The molecule has 2 aliphatic heterocycles. The van der Waals surface area contributed by atoms with Gasteiger partial charge in [-0.1, -0.05) is 62.5 Å². The third-order valence-corrected chi connectivity index (χ3v) is 8.82. The van der Waals surface area contributed by atoms with Gasteiger partial charge >= 0.3 is 5.97 Å². The molecule has 0 aliphatic carbocycles. The van der Waals surface area contributed by atoms with Gasteiger partial charge in [-0.05, 0) is 38.5 Å². The molecule has 0 radical (unpaired) electrons. The van der Waals surface area contributed by atoms with Gasteiger partial charge in [-0.15, -0.1) is 0 Å². The van der Waals surface area contributed by atoms with Crippen LogP contribution >= 0.6 is 24.0 Å². The Balaban J connectivity index is 1.65. The van der Waals surface area contributed by atoms with E-state index in [1.165, 1.54) is 16.3 Å². The lowest BCUT2D eigenvalue weighted by atomic mass is 10.0. The van der Waals surface area contributed by atoms with E-state index in [2.05, 4.69) is 22.9 Å². The Bertz CT molecular complexity index is 1210. The van der Waals surface area contributed by atoms with Crippen molar-refractivity contribution in [2.45, 2.75) is 64.7 Å². The number of carboxylic acid groups (broad SMARTS) is 1. The molecule has 3 heterocycles. The van der Waals surface area contributed by atoms with Crippen molar-refractivity contribution < 1.29 is 14.7 Å². The largest absolute Gasteiger partial charge is 0.481 e. The van der Waals surface area contributed by atoms with Crippen molar-refractivity contribution in [3.05, 3.63) is 31.9 Å². The average molecular weight is 574 g/mol. The number of thioether (sulfide) groups is 1. The summed E-state index contributed by atoms with van der Waals surface area (Å²) in [7, 11) is 3.76. The molecule has 0 atom stereocenters. The number of hydrogen-bond acceptors (Lipinski definition) is 8. The number of nitriles is 1. The van der Waals surface area contributed by atoms with Gasteiger partial charge in [0.15, 0.2) is 0 Å². The van der Waals surface area contributed by atoms with E-state index in [-0.39, 0.29) is 23.5 Å². The summed E-state index contributed by atoms with van der Waals surface area (Å²) >= 11 is 6.83. The summed E-state index contributed by atoms with van der Waals surface area (Å²) in [5, 5.41) is 18.4. The number of unbranched alkanes of at least 4 members (excludes halogenated alkanes) is 7. The molecule has 212 valence electrons. The number of piperazine rings is 1. The number of carbonyl (C=O) groups is 2. The number of hydrogen-bond donors (Lipinski definition) is 1. The third kappa shape index (κ3) is 7.93. The number of aliphatic carboxylic acids is 1. The molecular formula is C28H39N5O4S2. The van der Waals surface area contributed by atoms with E-state index in [0.717, 1.165) is 88.9 Å². The van der Waals surface area contributed by atoms with Crippen LogP contribution in [0.15, 0.2) is 9.70 Å². The highest BCUT2D eigenvalue weighted by Crippen LogP contribution is 2.36. The summed E-state index contributed by atoms with van der Waals surface area (Å²) in [5.74, 6) is -0.121. The van der Waals surface area contributed by atoms with Crippen LogP contribution in [-0.4, -0.2) is 75.4 Å². The number of carboxylic acids is 1. The fourth-order valence-corrected chi connectivity index (χ4v) is 6.33. The highest BCUT2D eigenvalue weighted by Gasteiger charge is 2.33. The molecule has 0 spiro atoms. The molecular weight excluding hydrogens is 534 g/mol. The maximum atomic E-state index is 13.3. The summed E-state index contributed by atoms with van der Waals surface area (Å²) in [6.07, 6.45) is 9.96. The minimum Gasteiger partial charge on any atom is -0.481 e. The highest BCUT2D eigenvalue weighted by molar-refractivity contribution is 8.26. The van der Waals surface area contributed by atoms with Crippen molar-refractivity contribution >= 4 is 52.1 Å². The number of carbonyl (C=O) groups excluding carboxylic acids is 1. The number of pyridine rings is 1. The number of anilines is 1. The molecule has 1 N–H and O–H groups in total. The van der Waals surface area contributed by atoms with Crippen molar-refractivity contribution in [3.63, 3.8) is 0 Å². The summed E-state index contributed by atoms with van der Waals surface area (Å²) in [6, 6.07) is 2.06. The Hall–Kier alpha value is -2.68. The van der Waals surface area contributed by atoms with Gasteiger partial charge in [0.05, 0.1) is 4.91 Å². The van der Waals surface area contributed by atoms with Crippen LogP contribution in [0.3, 0.4) is 0 Å². The molecule has 0 aromatic carbocycles. The number of rotatable bonds is 13. The molecule has 39 heavy (non-hydrogen) atoms. The normalized spacial score (nSPS) is 17.3. The zero-order chi connectivity index (χ0) is 28.5. The Kier molecular flexibility index (Phi) is 11.6. The SMILES string of the molecule is Cc1c(C=C2SC(=S)N(CCCCCCCCCCC(=O)O)C2=O)c(N2CCN(C)CC2)n(C)c(=O)c1C#N. The van der Waals surface area contributed by atoms with Gasteiger partial charge in [0.2, 0.25) is 0 Å². The number of nitrogens with zero attached hydrogens (tertiary/aromatic N) is 5. The van der Waals surface area contributed by atoms with E-state index >= 15 is 0 Å². The average Bonchev–Trinajstić information content (AvgIpc) is 3.16. The number of amides is 1. The van der Waals surface area contributed by atoms with Gasteiger partial charge in [0.25, 0.3) is 11.5 Å². The Morgan fingerprint density at radius 3 is 2.21 bits per heavy atom. The quantitative estimate of drug-likeness (QED) is 0.212. The second kappa shape index (κ2) is 14.6. The maximum Gasteiger partial charge on any atom is 0.303 e. The van der Waals surface area contributed by atoms with Crippen LogP contribution in [0.4, 0.5) is 5.82 Å². The van der Waals surface area contributed by atoms with Gasteiger partial charge in [0, 0.05) is 51.8 Å². The zero-order valence-corrected chi connectivity index (χ0v) is 24.8. The lowest BCUT2D eigenvalue weighted by molar-refractivity contribution is -0.137. The first-order valence-corrected chi connectivity index (χ1v) is 14.9. The molecule has 3 rings (SSSR count). The first-order chi connectivity index (χ1) is 18.6. The van der Waals surface area contributed by atoms with Crippen LogP contribution in [0, 0.1) is 18.3 Å². The summed E-state index contributed by atoms with van der Waals surface area (Å²) in [5.41, 5.74) is 1.08.